The highest BCUT2D eigenvalue weighted by atomic mass is 16.6. The fraction of sp³-hybridized carbons (Fsp3) is 0.857. The van der Waals surface area contributed by atoms with Crippen LogP contribution in [-0.4, -0.2) is 35.5 Å². The second kappa shape index (κ2) is 6.17. The molecule has 4 aliphatic rings. The van der Waals surface area contributed by atoms with Crippen LogP contribution in [0.2, 0.25) is 0 Å². The number of ether oxygens (including phenoxy) is 1. The highest BCUT2D eigenvalue weighted by Gasteiger charge is 2.61. The Kier molecular flexibility index (Phi) is 4.37. The van der Waals surface area contributed by atoms with Gasteiger partial charge in [0.25, 0.3) is 0 Å². The van der Waals surface area contributed by atoms with Crippen LogP contribution in [0.1, 0.15) is 58.8 Å². The molecule has 0 aromatic rings. The summed E-state index contributed by atoms with van der Waals surface area (Å²) in [6, 6.07) is 0. The number of hydrogen-bond donors (Lipinski definition) is 2. The van der Waals surface area contributed by atoms with Crippen molar-refractivity contribution >= 4 is 5.78 Å². The normalized spacial score (nSPS) is 49.2. The number of aliphatic hydroxyl groups excluding tert-OH is 2. The molecule has 3 fully saturated rings. The molecule has 4 rings (SSSR count). The molecule has 0 saturated heterocycles. The molecular formula is C21H32O4. The van der Waals surface area contributed by atoms with Crippen molar-refractivity contribution in [1.29, 1.82) is 0 Å². The molecule has 4 heteroatoms. The lowest BCUT2D eigenvalue weighted by Gasteiger charge is -2.60. The molecule has 140 valence electrons. The predicted octanol–water partition coefficient (Wildman–Crippen LogP) is 3.07. The maximum absolute atomic E-state index is 12.0. The van der Waals surface area contributed by atoms with Gasteiger partial charge >= 0.3 is 0 Å². The van der Waals surface area contributed by atoms with E-state index in [0.29, 0.717) is 24.2 Å². The first-order chi connectivity index (χ1) is 11.9. The molecule has 0 spiro atoms. The topological polar surface area (TPSA) is 66.8 Å². The van der Waals surface area contributed by atoms with Crippen molar-refractivity contribution in [3.8, 4) is 0 Å². The zero-order valence-electron chi connectivity index (χ0n) is 15.5. The Balaban J connectivity index is 1.70. The van der Waals surface area contributed by atoms with E-state index in [1.807, 2.05) is 6.08 Å². The Morgan fingerprint density at radius 1 is 1.16 bits per heavy atom. The van der Waals surface area contributed by atoms with Gasteiger partial charge in [-0.15, -0.1) is 0 Å². The minimum atomic E-state index is -0.197. The van der Waals surface area contributed by atoms with E-state index in [1.165, 1.54) is 5.57 Å². The van der Waals surface area contributed by atoms with Crippen molar-refractivity contribution in [1.82, 2.24) is 0 Å². The van der Waals surface area contributed by atoms with Crippen LogP contribution in [0.15, 0.2) is 11.6 Å². The molecule has 4 unspecified atom stereocenters. The van der Waals surface area contributed by atoms with Crippen molar-refractivity contribution in [3.63, 3.8) is 0 Å². The van der Waals surface area contributed by atoms with Crippen LogP contribution in [0.3, 0.4) is 0 Å². The van der Waals surface area contributed by atoms with Crippen LogP contribution < -0.4 is 0 Å². The molecule has 0 aliphatic heterocycles. The van der Waals surface area contributed by atoms with Crippen LogP contribution in [0.5, 0.6) is 0 Å². The molecule has 4 aliphatic carbocycles. The van der Waals surface area contributed by atoms with Gasteiger partial charge in [-0.05, 0) is 79.1 Å². The second-order valence-corrected chi connectivity index (χ2v) is 9.40. The maximum atomic E-state index is 12.0. The summed E-state index contributed by atoms with van der Waals surface area (Å²) >= 11 is 0. The number of ketones is 1. The lowest BCUT2D eigenvalue weighted by atomic mass is 9.45. The van der Waals surface area contributed by atoms with Crippen LogP contribution in [0.4, 0.5) is 0 Å². The van der Waals surface area contributed by atoms with Gasteiger partial charge in [-0.3, -0.25) is 4.79 Å². The Morgan fingerprint density at radius 3 is 2.68 bits per heavy atom. The van der Waals surface area contributed by atoms with Gasteiger partial charge in [0.05, 0.1) is 6.10 Å². The van der Waals surface area contributed by atoms with Gasteiger partial charge < -0.3 is 14.9 Å². The molecule has 0 aromatic carbocycles. The molecule has 3 saturated carbocycles. The highest BCUT2D eigenvalue weighted by molar-refractivity contribution is 5.91. The molecule has 0 heterocycles. The summed E-state index contributed by atoms with van der Waals surface area (Å²) in [5, 5.41) is 19.4. The van der Waals surface area contributed by atoms with Crippen LogP contribution in [0, 0.1) is 34.5 Å². The quantitative estimate of drug-likeness (QED) is 0.769. The van der Waals surface area contributed by atoms with Gasteiger partial charge in [0.15, 0.2) is 5.78 Å². The molecule has 0 amide bonds. The minimum absolute atomic E-state index is 0.110. The predicted molar refractivity (Wildman–Crippen MR) is 94.6 cm³/mol. The SMILES string of the molecule is C[C@]12CCC(=O)C=C1CC(CO)C1C2CC[C@@]2(C)C1CC[C@@H]2OCO. The summed E-state index contributed by atoms with van der Waals surface area (Å²) in [6.45, 7) is 4.72. The second-order valence-electron chi connectivity index (χ2n) is 9.40. The maximum Gasteiger partial charge on any atom is 0.155 e. The minimum Gasteiger partial charge on any atom is -0.396 e. The average molecular weight is 348 g/mol. The average Bonchev–Trinajstić information content (AvgIpc) is 2.92. The molecule has 7 atom stereocenters. The molecule has 4 nitrogen and oxygen atoms in total. The molecule has 0 radical (unpaired) electrons. The molecule has 25 heavy (non-hydrogen) atoms. The van der Waals surface area contributed by atoms with Gasteiger partial charge in [-0.2, -0.15) is 0 Å². The third kappa shape index (κ3) is 2.48. The third-order valence-electron chi connectivity index (χ3n) is 8.56. The zero-order chi connectivity index (χ0) is 17.8. The van der Waals surface area contributed by atoms with E-state index < -0.39 is 0 Å². The van der Waals surface area contributed by atoms with E-state index in [-0.39, 0.29) is 42.0 Å². The molecular weight excluding hydrogens is 316 g/mol. The zero-order valence-corrected chi connectivity index (χ0v) is 15.5. The van der Waals surface area contributed by atoms with Gasteiger partial charge in [0.2, 0.25) is 0 Å². The fourth-order valence-electron chi connectivity index (χ4n) is 7.21. The van der Waals surface area contributed by atoms with Gasteiger partial charge in [-0.25, -0.2) is 0 Å². The lowest BCUT2D eigenvalue weighted by molar-refractivity contribution is -0.142. The van der Waals surface area contributed by atoms with Gasteiger partial charge in [0.1, 0.15) is 6.79 Å². The van der Waals surface area contributed by atoms with E-state index in [9.17, 15) is 15.0 Å². The van der Waals surface area contributed by atoms with E-state index in [4.69, 9.17) is 4.74 Å². The monoisotopic (exact) mass is 348 g/mol. The standard InChI is InChI=1S/C21H32O4/c1-20-7-5-15(24)10-14(20)9-13(11-22)19-16-3-4-18(25-12-23)21(16,2)8-6-17(19)20/h10,13,16-19,22-23H,3-9,11-12H2,1-2H3/t13?,16?,17?,18-,19?,20-,21-/m0/s1. The van der Waals surface area contributed by atoms with E-state index in [0.717, 1.165) is 38.5 Å². The fourth-order valence-corrected chi connectivity index (χ4v) is 7.21. The number of carbonyl (C=O) groups excluding carboxylic acids is 1. The van der Waals surface area contributed by atoms with E-state index in [2.05, 4.69) is 13.8 Å². The molecule has 0 bridgehead atoms. The summed E-state index contributed by atoms with van der Waals surface area (Å²) in [5.74, 6) is 2.14. The summed E-state index contributed by atoms with van der Waals surface area (Å²) < 4.78 is 5.71. The Morgan fingerprint density at radius 2 is 1.96 bits per heavy atom. The summed E-state index contributed by atoms with van der Waals surface area (Å²) in [6.07, 6.45) is 8.97. The third-order valence-corrected chi connectivity index (χ3v) is 8.56. The summed E-state index contributed by atoms with van der Waals surface area (Å²) in [4.78, 5) is 12.0. The molecule has 2 N–H and O–H groups in total. The van der Waals surface area contributed by atoms with Crippen LogP contribution in [0.25, 0.3) is 0 Å². The first-order valence-electron chi connectivity index (χ1n) is 10.0. The van der Waals surface area contributed by atoms with Gasteiger partial charge in [-0.1, -0.05) is 19.4 Å². The summed E-state index contributed by atoms with van der Waals surface area (Å²) in [5.41, 5.74) is 1.54. The number of fused-ring (bicyclic) bond motifs is 5. The smallest absolute Gasteiger partial charge is 0.155 e. The first kappa shape index (κ1) is 17.7. The number of rotatable bonds is 3. The Labute approximate surface area is 150 Å². The summed E-state index contributed by atoms with van der Waals surface area (Å²) in [7, 11) is 0. The van der Waals surface area contributed by atoms with Crippen molar-refractivity contribution in [3.05, 3.63) is 11.6 Å². The van der Waals surface area contributed by atoms with E-state index in [1.54, 1.807) is 0 Å². The number of aliphatic hydroxyl groups is 2. The largest absolute Gasteiger partial charge is 0.396 e. The highest BCUT2D eigenvalue weighted by Crippen LogP contribution is 2.66. The molecule has 0 aromatic heterocycles. The van der Waals surface area contributed by atoms with Gasteiger partial charge in [0, 0.05) is 13.0 Å². The number of carbonyl (C=O) groups is 1. The first-order valence-corrected chi connectivity index (χ1v) is 10.0. The Hall–Kier alpha value is -0.710. The van der Waals surface area contributed by atoms with Crippen molar-refractivity contribution in [2.45, 2.75) is 64.9 Å². The Bertz CT molecular complexity index is 584. The van der Waals surface area contributed by atoms with E-state index >= 15 is 0 Å². The number of hydrogen-bond acceptors (Lipinski definition) is 4. The van der Waals surface area contributed by atoms with Crippen LogP contribution in [-0.2, 0) is 9.53 Å². The van der Waals surface area contributed by atoms with Crippen molar-refractivity contribution in [2.24, 2.45) is 34.5 Å². The van der Waals surface area contributed by atoms with Crippen LogP contribution >= 0.6 is 0 Å². The number of allylic oxidation sites excluding steroid dienone is 1. The lowest BCUT2D eigenvalue weighted by Crippen LogP contribution is -2.55. The van der Waals surface area contributed by atoms with Crippen molar-refractivity contribution < 1.29 is 19.7 Å². The van der Waals surface area contributed by atoms with Crippen molar-refractivity contribution in [2.75, 3.05) is 13.4 Å².